The van der Waals surface area contributed by atoms with Gasteiger partial charge in [0.1, 0.15) is 11.5 Å². The number of phenols is 2. The second-order valence-electron chi connectivity index (χ2n) is 8.23. The van der Waals surface area contributed by atoms with E-state index in [1.54, 1.807) is 18.2 Å². The van der Waals surface area contributed by atoms with Gasteiger partial charge in [-0.05, 0) is 86.9 Å². The molecule has 1 aliphatic heterocycles. The minimum absolute atomic E-state index is 0.277. The Labute approximate surface area is 172 Å². The van der Waals surface area contributed by atoms with Crippen LogP contribution in [0.25, 0.3) is 22.2 Å². The lowest BCUT2D eigenvalue weighted by molar-refractivity contribution is 0.152. The molecule has 0 bridgehead atoms. The van der Waals surface area contributed by atoms with Crippen molar-refractivity contribution < 1.29 is 10.2 Å². The average Bonchev–Trinajstić information content (AvgIpc) is 2.98. The summed E-state index contributed by atoms with van der Waals surface area (Å²) in [5.41, 5.74) is 4.59. The SMILES string of the molecule is Cc1c(-c2ccc(O)cc2)n(CCCCN2CCN(C)CC2)c2ccc(O)cc12. The van der Waals surface area contributed by atoms with Crippen LogP contribution in [-0.4, -0.2) is 64.4 Å². The zero-order chi connectivity index (χ0) is 20.4. The lowest BCUT2D eigenvalue weighted by Gasteiger charge is -2.32. The van der Waals surface area contributed by atoms with Crippen molar-refractivity contribution in [3.05, 3.63) is 48.0 Å². The smallest absolute Gasteiger partial charge is 0.116 e. The molecule has 5 heteroatoms. The Bertz CT molecular complexity index is 970. The van der Waals surface area contributed by atoms with Crippen LogP contribution in [0.2, 0.25) is 0 Å². The highest BCUT2D eigenvalue weighted by molar-refractivity contribution is 5.92. The maximum absolute atomic E-state index is 9.99. The van der Waals surface area contributed by atoms with Crippen LogP contribution in [0.4, 0.5) is 0 Å². The van der Waals surface area contributed by atoms with Crippen molar-refractivity contribution in [2.45, 2.75) is 26.3 Å². The van der Waals surface area contributed by atoms with Crippen LogP contribution in [0.3, 0.4) is 0 Å². The summed E-state index contributed by atoms with van der Waals surface area (Å²) in [6, 6.07) is 13.1. The molecule has 0 spiro atoms. The number of hydrogen-bond donors (Lipinski definition) is 2. The first-order valence-corrected chi connectivity index (χ1v) is 10.5. The van der Waals surface area contributed by atoms with E-state index in [4.69, 9.17) is 0 Å². The molecule has 0 radical (unpaired) electrons. The molecule has 5 nitrogen and oxygen atoms in total. The molecule has 1 fully saturated rings. The van der Waals surface area contributed by atoms with Gasteiger partial charge in [-0.2, -0.15) is 0 Å². The lowest BCUT2D eigenvalue weighted by atomic mass is 10.1. The molecular weight excluding hydrogens is 362 g/mol. The highest BCUT2D eigenvalue weighted by Gasteiger charge is 2.17. The summed E-state index contributed by atoms with van der Waals surface area (Å²) in [7, 11) is 2.19. The first-order chi connectivity index (χ1) is 14.0. The summed E-state index contributed by atoms with van der Waals surface area (Å²) >= 11 is 0. The second-order valence-corrected chi connectivity index (χ2v) is 8.23. The van der Waals surface area contributed by atoms with Crippen molar-refractivity contribution >= 4 is 10.9 Å². The largest absolute Gasteiger partial charge is 0.508 e. The molecule has 3 aromatic rings. The minimum Gasteiger partial charge on any atom is -0.508 e. The van der Waals surface area contributed by atoms with Gasteiger partial charge in [0.2, 0.25) is 0 Å². The van der Waals surface area contributed by atoms with Crippen LogP contribution >= 0.6 is 0 Å². The number of phenolic OH excluding ortho intramolecular Hbond substituents is 2. The zero-order valence-corrected chi connectivity index (χ0v) is 17.4. The van der Waals surface area contributed by atoms with Crippen LogP contribution in [0.15, 0.2) is 42.5 Å². The van der Waals surface area contributed by atoms with E-state index in [0.29, 0.717) is 5.75 Å². The Hall–Kier alpha value is -2.50. The summed E-state index contributed by atoms with van der Waals surface area (Å²) in [5, 5.41) is 20.8. The predicted molar refractivity (Wildman–Crippen MR) is 119 cm³/mol. The van der Waals surface area contributed by atoms with Crippen molar-refractivity contribution in [1.82, 2.24) is 14.4 Å². The molecule has 154 valence electrons. The number of aromatic hydroxyl groups is 2. The molecule has 0 unspecified atom stereocenters. The molecule has 29 heavy (non-hydrogen) atoms. The molecule has 1 aliphatic rings. The number of unbranched alkanes of at least 4 members (excludes halogenated alkanes) is 1. The van der Waals surface area contributed by atoms with E-state index in [9.17, 15) is 10.2 Å². The average molecular weight is 394 g/mol. The Balaban J connectivity index is 1.55. The lowest BCUT2D eigenvalue weighted by Crippen LogP contribution is -2.44. The Morgan fingerprint density at radius 2 is 1.48 bits per heavy atom. The topological polar surface area (TPSA) is 51.9 Å². The molecule has 0 amide bonds. The summed E-state index contributed by atoms with van der Waals surface area (Å²) < 4.78 is 2.38. The zero-order valence-electron chi connectivity index (χ0n) is 17.4. The van der Waals surface area contributed by atoms with Gasteiger partial charge in [0, 0.05) is 43.6 Å². The number of fused-ring (bicyclic) bond motifs is 1. The number of likely N-dealkylation sites (N-methyl/N-ethyl adjacent to an activating group) is 1. The first kappa shape index (κ1) is 19.8. The molecule has 0 atom stereocenters. The van der Waals surface area contributed by atoms with Gasteiger partial charge in [-0.25, -0.2) is 0 Å². The number of nitrogens with zero attached hydrogens (tertiary/aromatic N) is 3. The van der Waals surface area contributed by atoms with Crippen molar-refractivity contribution in [3.8, 4) is 22.8 Å². The number of aryl methyl sites for hydroxylation is 2. The number of rotatable bonds is 6. The van der Waals surface area contributed by atoms with Crippen LogP contribution < -0.4 is 0 Å². The monoisotopic (exact) mass is 393 g/mol. The van der Waals surface area contributed by atoms with Crippen molar-refractivity contribution in [2.75, 3.05) is 39.8 Å². The molecule has 4 rings (SSSR count). The summed E-state index contributed by atoms with van der Waals surface area (Å²) in [6.45, 7) is 8.87. The quantitative estimate of drug-likeness (QED) is 0.620. The van der Waals surface area contributed by atoms with Gasteiger partial charge in [0.05, 0.1) is 5.69 Å². The van der Waals surface area contributed by atoms with E-state index in [1.807, 2.05) is 24.3 Å². The summed E-state index contributed by atoms with van der Waals surface area (Å²) in [4.78, 5) is 4.96. The standard InChI is InChI=1S/C24H31N3O2/c1-18-22-17-21(29)9-10-23(22)27(24(18)19-5-7-20(28)8-6-19)12-4-3-11-26-15-13-25(2)14-16-26/h5-10,17,28-29H,3-4,11-16H2,1-2H3. The van der Waals surface area contributed by atoms with Crippen molar-refractivity contribution in [3.63, 3.8) is 0 Å². The van der Waals surface area contributed by atoms with E-state index < -0.39 is 0 Å². The Morgan fingerprint density at radius 3 is 2.21 bits per heavy atom. The van der Waals surface area contributed by atoms with E-state index in [-0.39, 0.29) is 5.75 Å². The van der Waals surface area contributed by atoms with E-state index in [0.717, 1.165) is 49.1 Å². The van der Waals surface area contributed by atoms with Crippen molar-refractivity contribution in [2.24, 2.45) is 0 Å². The normalized spacial score (nSPS) is 15.9. The summed E-state index contributed by atoms with van der Waals surface area (Å²) in [6.07, 6.45) is 2.29. The van der Waals surface area contributed by atoms with Gasteiger partial charge in [0.15, 0.2) is 0 Å². The minimum atomic E-state index is 0.277. The van der Waals surface area contributed by atoms with Gasteiger partial charge in [-0.3, -0.25) is 0 Å². The van der Waals surface area contributed by atoms with Crippen LogP contribution in [0, 0.1) is 6.92 Å². The third-order valence-electron chi connectivity index (χ3n) is 6.14. The van der Waals surface area contributed by atoms with E-state index in [2.05, 4.69) is 28.3 Å². The maximum Gasteiger partial charge on any atom is 0.116 e. The second kappa shape index (κ2) is 8.47. The van der Waals surface area contributed by atoms with Crippen LogP contribution in [0.5, 0.6) is 11.5 Å². The number of benzene rings is 2. The van der Waals surface area contributed by atoms with Gasteiger partial charge >= 0.3 is 0 Å². The molecule has 0 aliphatic carbocycles. The summed E-state index contributed by atoms with van der Waals surface area (Å²) in [5.74, 6) is 0.573. The fraction of sp³-hybridized carbons (Fsp3) is 0.417. The number of piperazine rings is 1. The van der Waals surface area contributed by atoms with Crippen LogP contribution in [-0.2, 0) is 6.54 Å². The molecular formula is C24H31N3O2. The first-order valence-electron chi connectivity index (χ1n) is 10.5. The fourth-order valence-electron chi connectivity index (χ4n) is 4.41. The van der Waals surface area contributed by atoms with Gasteiger partial charge < -0.3 is 24.6 Å². The number of hydrogen-bond acceptors (Lipinski definition) is 4. The Morgan fingerprint density at radius 1 is 0.828 bits per heavy atom. The molecule has 2 heterocycles. The Kier molecular flexibility index (Phi) is 5.79. The highest BCUT2D eigenvalue weighted by Crippen LogP contribution is 2.35. The maximum atomic E-state index is 9.99. The van der Waals surface area contributed by atoms with E-state index in [1.165, 1.54) is 30.8 Å². The number of aromatic nitrogens is 1. The van der Waals surface area contributed by atoms with Crippen LogP contribution in [0.1, 0.15) is 18.4 Å². The fourth-order valence-corrected chi connectivity index (χ4v) is 4.41. The molecule has 2 N–H and O–H groups in total. The van der Waals surface area contributed by atoms with Gasteiger partial charge in [-0.15, -0.1) is 0 Å². The third-order valence-corrected chi connectivity index (χ3v) is 6.14. The molecule has 1 aromatic heterocycles. The molecule has 1 saturated heterocycles. The predicted octanol–water partition coefficient (Wildman–Crippen LogP) is 4.06. The van der Waals surface area contributed by atoms with Gasteiger partial charge in [0.25, 0.3) is 0 Å². The van der Waals surface area contributed by atoms with Crippen molar-refractivity contribution in [1.29, 1.82) is 0 Å². The molecule has 0 saturated carbocycles. The van der Waals surface area contributed by atoms with Gasteiger partial charge in [-0.1, -0.05) is 0 Å². The highest BCUT2D eigenvalue weighted by atomic mass is 16.3. The third kappa shape index (κ3) is 4.26. The van der Waals surface area contributed by atoms with E-state index >= 15 is 0 Å². The molecule has 2 aromatic carbocycles.